The van der Waals surface area contributed by atoms with Gasteiger partial charge in [0.15, 0.2) is 5.78 Å². The molecule has 2 aromatic carbocycles. The number of rotatable bonds is 15. The molecule has 0 radical (unpaired) electrons. The van der Waals surface area contributed by atoms with Gasteiger partial charge in [-0.05, 0) is 41.3 Å². The molecule has 9 nitrogen and oxygen atoms in total. The van der Waals surface area contributed by atoms with E-state index in [4.69, 9.17) is 11.6 Å². The van der Waals surface area contributed by atoms with E-state index < -0.39 is 78.3 Å². The van der Waals surface area contributed by atoms with Crippen molar-refractivity contribution < 1.29 is 45.9 Å². The smallest absolute Gasteiger partial charge is 0.341 e. The molecule has 0 saturated heterocycles. The highest BCUT2D eigenvalue weighted by molar-refractivity contribution is 6.30. The maximum absolute atomic E-state index is 14.8. The van der Waals surface area contributed by atoms with Gasteiger partial charge < -0.3 is 16.0 Å². The summed E-state index contributed by atoms with van der Waals surface area (Å²) in [6.45, 7) is 0.562. The minimum absolute atomic E-state index is 0.0781. The van der Waals surface area contributed by atoms with E-state index in [0.717, 1.165) is 5.32 Å². The monoisotopic (exact) mass is 694 g/mol. The second-order valence-electron chi connectivity index (χ2n) is 11.2. The van der Waals surface area contributed by atoms with Crippen molar-refractivity contribution >= 4 is 40.9 Å². The van der Waals surface area contributed by atoms with Crippen LogP contribution in [-0.2, 0) is 25.6 Å². The van der Waals surface area contributed by atoms with Gasteiger partial charge in [-0.3, -0.25) is 29.0 Å². The van der Waals surface area contributed by atoms with Crippen LogP contribution >= 0.6 is 11.6 Å². The lowest BCUT2D eigenvalue weighted by atomic mass is 9.82. The molecule has 3 rings (SSSR count). The summed E-state index contributed by atoms with van der Waals surface area (Å²) in [6, 6.07) is 14.2. The summed E-state index contributed by atoms with van der Waals surface area (Å²) in [7, 11) is 0. The minimum atomic E-state index is -5.01. The maximum Gasteiger partial charge on any atom is 0.405 e. The molecule has 3 atom stereocenters. The first kappa shape index (κ1) is 37.7. The number of benzene rings is 2. The predicted molar refractivity (Wildman–Crippen MR) is 165 cm³/mol. The summed E-state index contributed by atoms with van der Waals surface area (Å²) in [4.78, 5) is 69.2. The van der Waals surface area contributed by atoms with E-state index in [2.05, 4.69) is 15.6 Å². The highest BCUT2D eigenvalue weighted by Crippen LogP contribution is 2.30. The quantitative estimate of drug-likeness (QED) is 0.151. The van der Waals surface area contributed by atoms with Crippen molar-refractivity contribution in [1.29, 1.82) is 0 Å². The number of alkyl halides is 5. The molecule has 15 heteroatoms. The standard InChI is InChI=1S/C33H32ClF5N4O5/c1-19(2)24(28(45)33(38,39)31(48)41-18-32(35,36)37)17-26(44)27(21-8-4-3-5-9-21)43-30(47)25(16-20-7-6-10-23(34)15-20)42-29(46)22-11-13-40-14-12-22/h3-15,19,24-25,27H,16-18H2,1-2H3,(H,41,48)(H,42,46)(H,43,47)/t24-,25-,27-/m0/s1. The number of nitrogens with one attached hydrogen (secondary N) is 3. The van der Waals surface area contributed by atoms with Crippen LogP contribution in [0.1, 0.15) is 47.8 Å². The van der Waals surface area contributed by atoms with Crippen LogP contribution in [-0.4, -0.2) is 59.0 Å². The zero-order valence-corrected chi connectivity index (χ0v) is 26.4. The minimum Gasteiger partial charge on any atom is -0.341 e. The second-order valence-corrected chi connectivity index (χ2v) is 11.6. The van der Waals surface area contributed by atoms with Gasteiger partial charge in [-0.2, -0.15) is 22.0 Å². The van der Waals surface area contributed by atoms with E-state index in [0.29, 0.717) is 10.6 Å². The number of amides is 3. The lowest BCUT2D eigenvalue weighted by Gasteiger charge is -2.27. The Balaban J connectivity index is 1.90. The van der Waals surface area contributed by atoms with E-state index in [9.17, 15) is 45.9 Å². The molecule has 3 amide bonds. The Morgan fingerprint density at radius 2 is 1.50 bits per heavy atom. The van der Waals surface area contributed by atoms with Gasteiger partial charge in [0, 0.05) is 41.7 Å². The van der Waals surface area contributed by atoms with Gasteiger partial charge in [-0.25, -0.2) is 0 Å². The van der Waals surface area contributed by atoms with Crippen LogP contribution < -0.4 is 16.0 Å². The first-order chi connectivity index (χ1) is 22.5. The fraction of sp³-hybridized carbons (Fsp3) is 0.333. The van der Waals surface area contributed by atoms with E-state index in [1.54, 1.807) is 42.5 Å². The summed E-state index contributed by atoms with van der Waals surface area (Å²) in [5.74, 6) is -14.6. The Morgan fingerprint density at radius 1 is 0.854 bits per heavy atom. The molecule has 0 spiro atoms. The van der Waals surface area contributed by atoms with Gasteiger partial charge in [0.25, 0.3) is 11.8 Å². The molecule has 0 aliphatic heterocycles. The normalized spacial score (nSPS) is 13.6. The number of ketones is 2. The zero-order chi connectivity index (χ0) is 35.6. The number of carbonyl (C=O) groups excluding carboxylic acids is 5. The number of aromatic nitrogens is 1. The fourth-order valence-electron chi connectivity index (χ4n) is 4.69. The molecule has 0 bridgehead atoms. The van der Waals surface area contributed by atoms with Crippen LogP contribution in [0.4, 0.5) is 22.0 Å². The van der Waals surface area contributed by atoms with E-state index in [-0.39, 0.29) is 17.5 Å². The molecular formula is C33H32ClF5N4O5. The van der Waals surface area contributed by atoms with Crippen molar-refractivity contribution in [3.63, 3.8) is 0 Å². The molecule has 0 aliphatic rings. The van der Waals surface area contributed by atoms with Crippen molar-refractivity contribution in [1.82, 2.24) is 20.9 Å². The van der Waals surface area contributed by atoms with Crippen LogP contribution in [0.25, 0.3) is 0 Å². The first-order valence-electron chi connectivity index (χ1n) is 14.6. The Kier molecular flexibility index (Phi) is 12.9. The molecule has 0 aliphatic carbocycles. The predicted octanol–water partition coefficient (Wildman–Crippen LogP) is 5.05. The van der Waals surface area contributed by atoms with E-state index in [1.807, 2.05) is 0 Å². The summed E-state index contributed by atoms with van der Waals surface area (Å²) in [5, 5.41) is 6.54. The third-order valence-corrected chi connectivity index (χ3v) is 7.48. The second kappa shape index (κ2) is 16.4. The van der Waals surface area contributed by atoms with Gasteiger partial charge >= 0.3 is 12.1 Å². The average Bonchev–Trinajstić information content (AvgIpc) is 3.04. The van der Waals surface area contributed by atoms with Crippen LogP contribution in [0, 0.1) is 11.8 Å². The van der Waals surface area contributed by atoms with Gasteiger partial charge in [0.2, 0.25) is 11.7 Å². The van der Waals surface area contributed by atoms with Gasteiger partial charge in [0.05, 0.1) is 0 Å². The number of pyridine rings is 1. The van der Waals surface area contributed by atoms with E-state index >= 15 is 0 Å². The summed E-state index contributed by atoms with van der Waals surface area (Å²) in [6.07, 6.45) is -3.24. The Labute approximate surface area is 277 Å². The molecule has 3 aromatic rings. The van der Waals surface area contributed by atoms with Crippen molar-refractivity contribution in [3.05, 3.63) is 101 Å². The summed E-state index contributed by atoms with van der Waals surface area (Å²) >= 11 is 6.11. The van der Waals surface area contributed by atoms with Crippen LogP contribution in [0.15, 0.2) is 79.1 Å². The molecule has 0 saturated carbocycles. The number of halogens is 6. The Bertz CT molecular complexity index is 1610. The SMILES string of the molecule is CC(C)[C@H](CC(=O)[C@@H](NC(=O)[C@H](Cc1cccc(Cl)c1)NC(=O)c1ccncc1)c1ccccc1)C(=O)C(F)(F)C(=O)NCC(F)(F)F. The number of hydrogen-bond acceptors (Lipinski definition) is 6. The van der Waals surface area contributed by atoms with Crippen molar-refractivity contribution in [2.24, 2.45) is 11.8 Å². The summed E-state index contributed by atoms with van der Waals surface area (Å²) in [5.41, 5.74) is 0.947. The zero-order valence-electron chi connectivity index (χ0n) is 25.7. The van der Waals surface area contributed by atoms with Crippen LogP contribution in [0.3, 0.4) is 0 Å². The number of nitrogens with zero attached hydrogens (tertiary/aromatic N) is 1. The summed E-state index contributed by atoms with van der Waals surface area (Å²) < 4.78 is 67.2. The topological polar surface area (TPSA) is 134 Å². The van der Waals surface area contributed by atoms with Crippen LogP contribution in [0.2, 0.25) is 5.02 Å². The number of Topliss-reactive ketones (excluding diaryl/α,β-unsaturated/α-hetero) is 2. The number of hydrogen-bond donors (Lipinski definition) is 3. The first-order valence-corrected chi connectivity index (χ1v) is 15.0. The third kappa shape index (κ3) is 10.7. The van der Waals surface area contributed by atoms with Crippen molar-refractivity contribution in [2.45, 2.75) is 50.9 Å². The molecular weight excluding hydrogens is 663 g/mol. The fourth-order valence-corrected chi connectivity index (χ4v) is 4.91. The molecule has 48 heavy (non-hydrogen) atoms. The molecule has 1 aromatic heterocycles. The van der Waals surface area contributed by atoms with Gasteiger partial charge in [0.1, 0.15) is 18.6 Å². The molecule has 0 unspecified atom stereocenters. The van der Waals surface area contributed by atoms with Gasteiger partial charge in [-0.15, -0.1) is 0 Å². The molecule has 1 heterocycles. The number of carbonyl (C=O) groups is 5. The lowest BCUT2D eigenvalue weighted by Crippen LogP contribution is -2.52. The molecule has 3 N–H and O–H groups in total. The lowest BCUT2D eigenvalue weighted by molar-refractivity contribution is -0.167. The Morgan fingerprint density at radius 3 is 2.08 bits per heavy atom. The van der Waals surface area contributed by atoms with Crippen molar-refractivity contribution in [3.8, 4) is 0 Å². The largest absolute Gasteiger partial charge is 0.405 e. The van der Waals surface area contributed by atoms with E-state index in [1.165, 1.54) is 50.5 Å². The third-order valence-electron chi connectivity index (χ3n) is 7.24. The highest BCUT2D eigenvalue weighted by Gasteiger charge is 2.52. The van der Waals surface area contributed by atoms with Crippen LogP contribution in [0.5, 0.6) is 0 Å². The van der Waals surface area contributed by atoms with Gasteiger partial charge in [-0.1, -0.05) is 67.9 Å². The average molecular weight is 695 g/mol. The highest BCUT2D eigenvalue weighted by atomic mass is 35.5. The molecule has 0 fully saturated rings. The van der Waals surface area contributed by atoms with Crippen molar-refractivity contribution in [2.75, 3.05) is 6.54 Å². The Hall–Kier alpha value is -4.72. The maximum atomic E-state index is 14.8. The molecule has 256 valence electrons.